The molecule has 300 valence electrons. The molecule has 5 rings (SSSR count). The molecule has 1 amide bonds. The monoisotopic (exact) mass is 774 g/mol. The first kappa shape index (κ1) is 41.6. The summed E-state index contributed by atoms with van der Waals surface area (Å²) in [4.78, 5) is 67.0. The minimum Gasteiger partial charge on any atom is -0.493 e. The number of ketones is 2. The lowest BCUT2D eigenvalue weighted by molar-refractivity contribution is -0.492. The molecule has 1 aromatic rings. The first-order valence-electron chi connectivity index (χ1n) is 18.0. The summed E-state index contributed by atoms with van der Waals surface area (Å²) in [6.45, 7) is 1.95. The Morgan fingerprint density at radius 1 is 1.05 bits per heavy atom. The summed E-state index contributed by atoms with van der Waals surface area (Å²) in [5, 5.41) is 42.0. The van der Waals surface area contributed by atoms with Gasteiger partial charge in [0.15, 0.2) is 29.6 Å². The van der Waals surface area contributed by atoms with Crippen molar-refractivity contribution in [3.63, 3.8) is 0 Å². The number of alkyl halides is 1. The van der Waals surface area contributed by atoms with Crippen LogP contribution < -0.4 is 14.8 Å². The normalized spacial score (nSPS) is 30.9. The Bertz CT molecular complexity index is 1760. The van der Waals surface area contributed by atoms with E-state index < -0.39 is 82.4 Å². The first-order valence-corrected chi connectivity index (χ1v) is 18.0. The van der Waals surface area contributed by atoms with Gasteiger partial charge >= 0.3 is 18.0 Å². The van der Waals surface area contributed by atoms with E-state index in [1.807, 2.05) is 0 Å². The Labute approximate surface area is 316 Å². The van der Waals surface area contributed by atoms with Crippen LogP contribution in [0.3, 0.4) is 0 Å². The molecule has 3 saturated carbocycles. The second-order valence-electron chi connectivity index (χ2n) is 14.7. The lowest BCUT2D eigenvalue weighted by Crippen LogP contribution is -2.69. The number of ether oxygens (including phenoxy) is 4. The summed E-state index contributed by atoms with van der Waals surface area (Å²) in [6.07, 6.45) is 5.90. The highest BCUT2D eigenvalue weighted by Gasteiger charge is 2.74. The molecule has 1 aromatic carbocycles. The molecule has 0 bridgehead atoms. The molecule has 4 aliphatic rings. The van der Waals surface area contributed by atoms with Crippen molar-refractivity contribution < 1.29 is 72.8 Å². The van der Waals surface area contributed by atoms with Crippen LogP contribution in [0, 0.1) is 22.7 Å². The second-order valence-corrected chi connectivity index (χ2v) is 14.7. The second kappa shape index (κ2) is 16.7. The Morgan fingerprint density at radius 3 is 2.53 bits per heavy atom. The van der Waals surface area contributed by atoms with E-state index in [-0.39, 0.29) is 43.3 Å². The van der Waals surface area contributed by atoms with Crippen LogP contribution in [-0.2, 0) is 33.5 Å². The van der Waals surface area contributed by atoms with Gasteiger partial charge in [0.1, 0.15) is 12.1 Å². The van der Waals surface area contributed by atoms with E-state index in [1.165, 1.54) is 55.7 Å². The number of aliphatic hydroxyl groups excluding tert-OH is 1. The van der Waals surface area contributed by atoms with Gasteiger partial charge in [0.25, 0.3) is 0 Å². The summed E-state index contributed by atoms with van der Waals surface area (Å²) in [5.74, 6) is -3.60. The van der Waals surface area contributed by atoms with Gasteiger partial charge in [-0.1, -0.05) is 24.6 Å². The standard InChI is InChI=1S/C38H47FN2O14/c1-35-14-12-25(42)19-24(35)8-9-27-26-13-15-37(48,36(26,2)20-30(43)38(27,35)39)31(44)22-53-34(47)40-21-33(46)55-28-10-6-23(18-29(28)51-3)7-11-32(45)52-16-4-5-17-54-41(49)50/h6-7,10-12,14,18-19,26-27,30,43,48-50H,4-5,8-9,13,15-17,20-22H2,1-3H3,(H,40,47)/b11-7+/t26?,27-,30-,35-,36-,37?,38?/m0/s1. The van der Waals surface area contributed by atoms with E-state index in [0.717, 1.165) is 0 Å². The first-order chi connectivity index (χ1) is 26.0. The molecule has 16 nitrogen and oxygen atoms in total. The highest BCUT2D eigenvalue weighted by Crippen LogP contribution is 2.69. The number of methoxy groups -OCH3 is 1. The van der Waals surface area contributed by atoms with Crippen LogP contribution in [-0.4, -0.2) is 106 Å². The zero-order valence-corrected chi connectivity index (χ0v) is 30.8. The number of carbonyl (C=O) groups excluding carboxylic acids is 5. The number of rotatable bonds is 15. The van der Waals surface area contributed by atoms with Crippen LogP contribution in [0.2, 0.25) is 0 Å². The van der Waals surface area contributed by atoms with E-state index in [1.54, 1.807) is 13.8 Å². The number of fused-ring (bicyclic) bond motifs is 5. The van der Waals surface area contributed by atoms with Gasteiger partial charge in [-0.05, 0) is 93.7 Å². The van der Waals surface area contributed by atoms with Gasteiger partial charge in [-0.25, -0.2) is 18.8 Å². The van der Waals surface area contributed by atoms with Crippen molar-refractivity contribution in [3.8, 4) is 11.5 Å². The van der Waals surface area contributed by atoms with Crippen molar-refractivity contribution in [3.05, 3.63) is 53.6 Å². The fraction of sp³-hybridized carbons (Fsp3) is 0.553. The third-order valence-electron chi connectivity index (χ3n) is 11.8. The lowest BCUT2D eigenvalue weighted by atomic mass is 9.44. The van der Waals surface area contributed by atoms with Crippen LogP contribution in [0.15, 0.2) is 48.1 Å². The smallest absolute Gasteiger partial charge is 0.408 e. The quantitative estimate of drug-likeness (QED) is 0.0566. The van der Waals surface area contributed by atoms with Gasteiger partial charge in [-0.15, -0.1) is 0 Å². The Hall–Kier alpha value is -4.52. The molecule has 0 spiro atoms. The number of allylic oxidation sites excluding steroid dienone is 4. The topological polar surface area (TPSA) is 228 Å². The minimum absolute atomic E-state index is 0.00883. The molecule has 0 aliphatic heterocycles. The number of aliphatic hydroxyl groups is 2. The van der Waals surface area contributed by atoms with Gasteiger partial charge < -0.3 is 34.5 Å². The van der Waals surface area contributed by atoms with Gasteiger partial charge in [0.05, 0.1) is 31.8 Å². The number of halogens is 1. The molecule has 5 N–H and O–H groups in total. The number of hydrogen-bond donors (Lipinski definition) is 5. The zero-order valence-electron chi connectivity index (χ0n) is 30.8. The van der Waals surface area contributed by atoms with Crippen molar-refractivity contribution in [2.45, 2.75) is 76.2 Å². The summed E-state index contributed by atoms with van der Waals surface area (Å²) < 4.78 is 38.0. The van der Waals surface area contributed by atoms with Crippen molar-refractivity contribution in [2.24, 2.45) is 22.7 Å². The molecule has 0 heterocycles. The molecule has 0 radical (unpaired) electrons. The summed E-state index contributed by atoms with van der Waals surface area (Å²) in [6, 6.07) is 4.43. The zero-order chi connectivity index (χ0) is 40.2. The van der Waals surface area contributed by atoms with E-state index >= 15 is 4.39 Å². The van der Waals surface area contributed by atoms with Crippen molar-refractivity contribution in [1.82, 2.24) is 10.7 Å². The highest BCUT2D eigenvalue weighted by molar-refractivity contribution is 6.01. The molecule has 7 atom stereocenters. The predicted molar refractivity (Wildman–Crippen MR) is 187 cm³/mol. The highest BCUT2D eigenvalue weighted by atomic mass is 19.1. The molecule has 17 heteroatoms. The molecule has 0 aromatic heterocycles. The fourth-order valence-electron chi connectivity index (χ4n) is 8.89. The number of esters is 2. The van der Waals surface area contributed by atoms with E-state index in [0.29, 0.717) is 43.2 Å². The maximum atomic E-state index is 17.3. The molecule has 3 fully saturated rings. The van der Waals surface area contributed by atoms with Crippen LogP contribution in [0.1, 0.15) is 64.4 Å². The van der Waals surface area contributed by atoms with Crippen LogP contribution in [0.4, 0.5) is 9.18 Å². The Balaban J connectivity index is 1.10. The van der Waals surface area contributed by atoms with E-state index in [2.05, 4.69) is 10.2 Å². The largest absolute Gasteiger partial charge is 0.493 e. The van der Waals surface area contributed by atoms with Crippen molar-refractivity contribution in [2.75, 3.05) is 33.5 Å². The van der Waals surface area contributed by atoms with Gasteiger partial charge in [0.2, 0.25) is 5.78 Å². The van der Waals surface area contributed by atoms with Gasteiger partial charge in [-0.3, -0.25) is 24.8 Å². The Morgan fingerprint density at radius 2 is 1.80 bits per heavy atom. The molecule has 55 heavy (non-hydrogen) atoms. The van der Waals surface area contributed by atoms with Crippen LogP contribution >= 0.6 is 0 Å². The third-order valence-corrected chi connectivity index (χ3v) is 11.8. The van der Waals surface area contributed by atoms with Crippen molar-refractivity contribution >= 4 is 35.7 Å². The van der Waals surface area contributed by atoms with Crippen molar-refractivity contribution in [1.29, 1.82) is 0 Å². The summed E-state index contributed by atoms with van der Waals surface area (Å²) >= 11 is 0. The van der Waals surface area contributed by atoms with Crippen LogP contribution in [0.5, 0.6) is 11.5 Å². The molecule has 3 unspecified atom stereocenters. The molecule has 0 saturated heterocycles. The molecular formula is C38H47FN2O14. The average molecular weight is 775 g/mol. The number of alkyl carbamates (subject to hydrolysis) is 1. The Kier molecular flexibility index (Phi) is 12.6. The SMILES string of the molecule is COc1cc(/C=C/C(=O)OCCCCON(O)O)ccc1OC(=O)CNC(=O)OCC(=O)C1(O)CCC2[C@@H]3CCC4=CC(=O)C=C[C@]4(C)C3(F)[C@@H](O)C[C@@]21C. The number of nitrogens with one attached hydrogen (secondary N) is 1. The van der Waals surface area contributed by atoms with E-state index in [4.69, 9.17) is 29.4 Å². The number of hydrogen-bond acceptors (Lipinski definition) is 15. The minimum atomic E-state index is -2.12. The van der Waals surface area contributed by atoms with Crippen LogP contribution in [0.25, 0.3) is 6.08 Å². The number of benzene rings is 1. The maximum Gasteiger partial charge on any atom is 0.408 e. The summed E-state index contributed by atoms with van der Waals surface area (Å²) in [7, 11) is 1.33. The maximum absolute atomic E-state index is 17.3. The van der Waals surface area contributed by atoms with Gasteiger partial charge in [-0.2, -0.15) is 0 Å². The average Bonchev–Trinajstić information content (AvgIpc) is 3.41. The fourth-order valence-corrected chi connectivity index (χ4v) is 8.89. The molecule has 4 aliphatic carbocycles. The van der Waals surface area contributed by atoms with E-state index in [9.17, 15) is 34.2 Å². The predicted octanol–water partition coefficient (Wildman–Crippen LogP) is 3.35. The third kappa shape index (κ3) is 8.22. The van der Waals surface area contributed by atoms with Gasteiger partial charge in [0, 0.05) is 22.8 Å². The summed E-state index contributed by atoms with van der Waals surface area (Å²) in [5.41, 5.74) is -5.46. The number of Topliss-reactive ketones (excluding diaryl/α,β-unsaturated/α-hetero) is 1. The lowest BCUT2D eigenvalue weighted by Gasteiger charge is -2.62. The number of carbonyl (C=O) groups is 5. The number of unbranched alkanes of at least 4 members (excludes halogenated alkanes) is 1. The molecular weight excluding hydrogens is 727 g/mol. The number of nitrogens with zero attached hydrogens (tertiary/aromatic N) is 1. The number of amides is 1.